The van der Waals surface area contributed by atoms with Gasteiger partial charge in [-0.1, -0.05) is 84.0 Å². The van der Waals surface area contributed by atoms with Crippen LogP contribution in [-0.2, 0) is 14.9 Å². The van der Waals surface area contributed by atoms with E-state index in [1.807, 2.05) is 6.29 Å². The van der Waals surface area contributed by atoms with Crippen molar-refractivity contribution in [3.8, 4) is 0 Å². The Kier molecular flexibility index (Phi) is 28.7. The maximum absolute atomic E-state index is 9.96. The van der Waals surface area contributed by atoms with E-state index in [1.165, 1.54) is 70.6 Å². The monoisotopic (exact) mass is 373 g/mol. The second kappa shape index (κ2) is 23.5. The Labute approximate surface area is 171 Å². The van der Waals surface area contributed by atoms with Gasteiger partial charge >= 0.3 is 29.6 Å². The minimum atomic E-state index is -3.80. The number of hydrogen-bond acceptors (Lipinski definition) is 4. The van der Waals surface area contributed by atoms with Crippen molar-refractivity contribution in [3.63, 3.8) is 0 Å². The summed E-state index contributed by atoms with van der Waals surface area (Å²) < 4.78 is 27.3. The summed E-state index contributed by atoms with van der Waals surface area (Å²) in [6.45, 7) is 2.24. The van der Waals surface area contributed by atoms with E-state index in [9.17, 15) is 13.2 Å². The zero-order valence-electron chi connectivity index (χ0n) is 15.8. The molecule has 0 aliphatic carbocycles. The van der Waals surface area contributed by atoms with Crippen molar-refractivity contribution in [2.45, 2.75) is 90.4 Å². The fraction of sp³-hybridized carbons (Fsp3) is 0.941. The Morgan fingerprint density at radius 3 is 1.46 bits per heavy atom. The van der Waals surface area contributed by atoms with Gasteiger partial charge in [0.1, 0.15) is 0 Å². The number of unbranched alkanes of at least 4 members (excludes halogenated alkanes) is 12. The molecule has 0 amide bonds. The smallest absolute Gasteiger partial charge is 0.542 e. The molecule has 0 bridgehead atoms. The van der Waals surface area contributed by atoms with Crippen molar-refractivity contribution in [3.05, 3.63) is 0 Å². The predicted molar refractivity (Wildman–Crippen MR) is 96.9 cm³/mol. The van der Waals surface area contributed by atoms with Gasteiger partial charge < -0.3 is 10.5 Å². The van der Waals surface area contributed by atoms with Crippen LogP contribution in [0.1, 0.15) is 90.4 Å². The summed E-state index contributed by atoms with van der Waals surface area (Å²) in [5.74, 6) is -0.354. The summed E-state index contributed by atoms with van der Waals surface area (Å²) in [5, 5.41) is 0. The summed E-state index contributed by atoms with van der Waals surface area (Å²) in [5.41, 5.74) is 4.78. The van der Waals surface area contributed by atoms with Crippen LogP contribution >= 0.6 is 0 Å². The van der Waals surface area contributed by atoms with Crippen molar-refractivity contribution >= 4 is 16.4 Å². The van der Waals surface area contributed by atoms with Crippen LogP contribution in [-0.4, -0.2) is 31.6 Å². The molecule has 0 rings (SSSR count). The van der Waals surface area contributed by atoms with Crippen LogP contribution in [0.15, 0.2) is 0 Å². The van der Waals surface area contributed by atoms with Gasteiger partial charge in [0.2, 0.25) is 0 Å². The molecular formula is C17H36NNaO4S. The van der Waals surface area contributed by atoms with Crippen LogP contribution in [0.25, 0.3) is 0 Å². The molecule has 0 aromatic heterocycles. The van der Waals surface area contributed by atoms with Gasteiger partial charge in [-0.3, -0.25) is 10.8 Å². The molecule has 0 aliphatic heterocycles. The van der Waals surface area contributed by atoms with Crippen LogP contribution in [0, 0.1) is 0 Å². The minimum absolute atomic E-state index is 0. The third-order valence-corrected chi connectivity index (χ3v) is 4.26. The maximum Gasteiger partial charge on any atom is 1.00 e. The molecule has 24 heavy (non-hydrogen) atoms. The number of nitrogens with two attached hydrogens (primary N) is 1. The third-order valence-electron chi connectivity index (χ3n) is 3.51. The van der Waals surface area contributed by atoms with Gasteiger partial charge in [0, 0.05) is 6.54 Å². The normalized spacial score (nSPS) is 10.5. The summed E-state index contributed by atoms with van der Waals surface area (Å²) in [7, 11) is -3.80. The van der Waals surface area contributed by atoms with E-state index in [0.717, 1.165) is 6.42 Å². The average Bonchev–Trinajstić information content (AvgIpc) is 2.48. The first-order valence-corrected chi connectivity index (χ1v) is 10.6. The molecule has 0 aromatic carbocycles. The molecule has 0 fully saturated rings. The Bertz CT molecular complexity index is 337. The van der Waals surface area contributed by atoms with Gasteiger partial charge in [-0.2, -0.15) is 14.8 Å². The van der Waals surface area contributed by atoms with Crippen molar-refractivity contribution < 1.29 is 47.3 Å². The summed E-state index contributed by atoms with van der Waals surface area (Å²) >= 11 is 0. The fourth-order valence-electron chi connectivity index (χ4n) is 2.19. The van der Waals surface area contributed by atoms with Gasteiger partial charge in [-0.25, -0.2) is 0 Å². The fourth-order valence-corrected chi connectivity index (χ4v) is 2.48. The van der Waals surface area contributed by atoms with Crippen LogP contribution in [0.2, 0.25) is 0 Å². The predicted octanol–water partition coefficient (Wildman–Crippen LogP) is 1.02. The van der Waals surface area contributed by atoms with Gasteiger partial charge in [0.05, 0.1) is 5.75 Å². The number of rotatable bonds is 15. The molecule has 0 spiro atoms. The summed E-state index contributed by atoms with van der Waals surface area (Å²) in [6.07, 6.45) is 18.8. The Balaban J connectivity index is -0.000000468. The molecular weight excluding hydrogens is 337 g/mol. The van der Waals surface area contributed by atoms with E-state index < -0.39 is 10.1 Å². The third kappa shape index (κ3) is 34.0. The van der Waals surface area contributed by atoms with E-state index in [1.54, 1.807) is 0 Å². The van der Waals surface area contributed by atoms with Crippen LogP contribution in [0.4, 0.5) is 0 Å². The standard InChI is InChI=1S/C15H29O.C2H7NO3S.Na/c1-2-3-4-5-6-7-8-9-10-11-12-13-14-15-16;3-1-2-7(4,5)6;/h2-14H2,1H3;1-3H2,(H,4,5,6);/q-1;;+1. The van der Waals surface area contributed by atoms with E-state index in [-0.39, 0.29) is 41.9 Å². The molecule has 5 nitrogen and oxygen atoms in total. The minimum Gasteiger partial charge on any atom is -0.542 e. The zero-order chi connectivity index (χ0) is 17.8. The number of carbonyl (C=O) groups excluding carboxylic acids is 1. The number of hydrogen-bond donors (Lipinski definition) is 2. The van der Waals surface area contributed by atoms with E-state index in [2.05, 4.69) is 6.92 Å². The Morgan fingerprint density at radius 1 is 0.833 bits per heavy atom. The second-order valence-electron chi connectivity index (χ2n) is 5.86. The second-order valence-corrected chi connectivity index (χ2v) is 7.43. The molecule has 0 aromatic rings. The van der Waals surface area contributed by atoms with Crippen molar-refractivity contribution in [2.75, 3.05) is 12.3 Å². The van der Waals surface area contributed by atoms with Crippen molar-refractivity contribution in [1.82, 2.24) is 0 Å². The van der Waals surface area contributed by atoms with E-state index in [4.69, 9.17) is 10.3 Å². The first-order valence-electron chi connectivity index (χ1n) is 8.98. The van der Waals surface area contributed by atoms with Gasteiger partial charge in [0.15, 0.2) is 0 Å². The molecule has 0 atom stereocenters. The molecule has 0 radical (unpaired) electrons. The summed E-state index contributed by atoms with van der Waals surface area (Å²) in [4.78, 5) is 9.96. The van der Waals surface area contributed by atoms with Gasteiger partial charge in [0.25, 0.3) is 10.1 Å². The molecule has 0 saturated carbocycles. The average molecular weight is 374 g/mol. The molecule has 0 heterocycles. The van der Waals surface area contributed by atoms with E-state index >= 15 is 0 Å². The quantitative estimate of drug-likeness (QED) is 0.193. The first kappa shape index (κ1) is 29.3. The molecule has 140 valence electrons. The van der Waals surface area contributed by atoms with Crippen LogP contribution in [0.3, 0.4) is 0 Å². The molecule has 0 aliphatic rings. The molecule has 7 heteroatoms. The van der Waals surface area contributed by atoms with Crippen LogP contribution < -0.4 is 35.3 Å². The topological polar surface area (TPSA) is 97.5 Å². The van der Waals surface area contributed by atoms with Crippen molar-refractivity contribution in [1.29, 1.82) is 0 Å². The first-order chi connectivity index (χ1) is 11.0. The van der Waals surface area contributed by atoms with Gasteiger partial charge in [-0.05, 0) is 0 Å². The SMILES string of the molecule is CCCCCCCCCCCCCC[C-]=O.NCCS(=O)(=O)O.[Na+]. The summed E-state index contributed by atoms with van der Waals surface area (Å²) in [6, 6.07) is 0. The maximum atomic E-state index is 9.96. The molecule has 3 N–H and O–H groups in total. The van der Waals surface area contributed by atoms with E-state index in [0.29, 0.717) is 6.42 Å². The van der Waals surface area contributed by atoms with Gasteiger partial charge in [-0.15, -0.1) is 0 Å². The Hall–Kier alpha value is 0.540. The van der Waals surface area contributed by atoms with Crippen molar-refractivity contribution in [2.24, 2.45) is 5.73 Å². The molecule has 0 saturated heterocycles. The molecule has 0 unspecified atom stereocenters. The zero-order valence-corrected chi connectivity index (χ0v) is 18.6. The largest absolute Gasteiger partial charge is 1.00 e. The Morgan fingerprint density at radius 2 is 1.21 bits per heavy atom. The van der Waals surface area contributed by atoms with Crippen LogP contribution in [0.5, 0.6) is 0 Å².